The minimum atomic E-state index is -0.476. The van der Waals surface area contributed by atoms with Crippen LogP contribution in [0.3, 0.4) is 0 Å². The number of hydrogen-bond acceptors (Lipinski definition) is 6. The first-order chi connectivity index (χ1) is 13.6. The zero-order valence-electron chi connectivity index (χ0n) is 17.5. The van der Waals surface area contributed by atoms with Crippen LogP contribution >= 0.6 is 0 Å². The van der Waals surface area contributed by atoms with Crippen LogP contribution in [0.1, 0.15) is 68.1 Å². The van der Waals surface area contributed by atoms with E-state index in [-0.39, 0.29) is 23.6 Å². The summed E-state index contributed by atoms with van der Waals surface area (Å²) < 4.78 is 6.77. The minimum Gasteiger partial charge on any atom is -0.407 e. The summed E-state index contributed by atoms with van der Waals surface area (Å²) in [4.78, 5) is 36.2. The molecule has 0 amide bonds. The zero-order valence-corrected chi connectivity index (χ0v) is 17.5. The summed E-state index contributed by atoms with van der Waals surface area (Å²) in [5.74, 6) is -0.794. The molecule has 0 unspecified atom stereocenters. The maximum atomic E-state index is 13.3. The normalized spacial score (nSPS) is 10.6. The second kappa shape index (κ2) is 8.81. The van der Waals surface area contributed by atoms with Gasteiger partial charge in [0.2, 0.25) is 5.88 Å². The lowest BCUT2D eigenvalue weighted by Gasteiger charge is -2.13. The van der Waals surface area contributed by atoms with E-state index < -0.39 is 16.7 Å². The van der Waals surface area contributed by atoms with E-state index in [1.165, 1.54) is 23.0 Å². The Morgan fingerprint density at radius 2 is 1.83 bits per heavy atom. The smallest absolute Gasteiger partial charge is 0.312 e. The lowest BCUT2D eigenvalue weighted by Crippen LogP contribution is -2.14. The molecule has 0 atom stereocenters. The van der Waals surface area contributed by atoms with Crippen molar-refractivity contribution in [2.75, 3.05) is 0 Å². The monoisotopic (exact) mass is 399 g/mol. The van der Waals surface area contributed by atoms with Crippen molar-refractivity contribution in [3.63, 3.8) is 0 Å². The molecule has 0 spiro atoms. The Kier molecular flexibility index (Phi) is 6.68. The molecule has 0 bridgehead atoms. The first-order valence-corrected chi connectivity index (χ1v) is 9.37. The van der Waals surface area contributed by atoms with Crippen molar-refractivity contribution in [3.8, 4) is 5.88 Å². The number of nitro benzene ring substituents is 1. The second-order valence-corrected chi connectivity index (χ2v) is 6.85. The molecule has 0 saturated carbocycles. The molecule has 2 aromatic rings. The van der Waals surface area contributed by atoms with Crippen LogP contribution in [-0.4, -0.2) is 26.5 Å². The molecule has 0 N–H and O–H groups in total. The standard InChI is InChI=1S/C21H25N3O5/c1-7-18(25)29-21-16(11-22-23(21)8-2)20(26)15-9-10-17(24(27)28)19(14(15)6)13(5)12(3)4/h9-11H,7-8H2,1-6H3. The molecule has 0 saturated heterocycles. The van der Waals surface area contributed by atoms with Crippen molar-refractivity contribution >= 4 is 23.0 Å². The lowest BCUT2D eigenvalue weighted by molar-refractivity contribution is -0.385. The first kappa shape index (κ1) is 22.0. The summed E-state index contributed by atoms with van der Waals surface area (Å²) in [6.45, 7) is 11.1. The molecule has 2 rings (SSSR count). The van der Waals surface area contributed by atoms with Crippen molar-refractivity contribution < 1.29 is 19.2 Å². The SMILES string of the molecule is CCC(=O)Oc1c(C(=O)c2ccc([N+](=O)[O-])c(C(C)=C(C)C)c2C)cnn1CC. The van der Waals surface area contributed by atoms with Gasteiger partial charge in [-0.1, -0.05) is 12.5 Å². The molecule has 0 fully saturated rings. The fourth-order valence-corrected chi connectivity index (χ4v) is 3.01. The van der Waals surface area contributed by atoms with E-state index in [9.17, 15) is 19.7 Å². The third kappa shape index (κ3) is 4.26. The van der Waals surface area contributed by atoms with Crippen LogP contribution in [0.15, 0.2) is 23.9 Å². The summed E-state index contributed by atoms with van der Waals surface area (Å²) in [5.41, 5.74) is 2.97. The van der Waals surface area contributed by atoms with Crippen LogP contribution in [0.2, 0.25) is 0 Å². The molecule has 0 aliphatic carbocycles. The van der Waals surface area contributed by atoms with E-state index in [0.29, 0.717) is 23.2 Å². The number of hydrogen-bond donors (Lipinski definition) is 0. The molecular weight excluding hydrogens is 374 g/mol. The third-order valence-corrected chi connectivity index (χ3v) is 4.84. The Bertz CT molecular complexity index is 1010. The zero-order chi connectivity index (χ0) is 21.9. The van der Waals surface area contributed by atoms with E-state index in [1.54, 1.807) is 20.8 Å². The topological polar surface area (TPSA) is 104 Å². The van der Waals surface area contributed by atoms with Crippen LogP contribution in [0, 0.1) is 17.0 Å². The van der Waals surface area contributed by atoms with Gasteiger partial charge in [0, 0.05) is 24.6 Å². The van der Waals surface area contributed by atoms with Crippen LogP contribution in [-0.2, 0) is 11.3 Å². The largest absolute Gasteiger partial charge is 0.407 e. The number of aromatic nitrogens is 2. The van der Waals surface area contributed by atoms with E-state index in [2.05, 4.69) is 5.10 Å². The Balaban J connectivity index is 2.68. The number of ketones is 1. The van der Waals surface area contributed by atoms with Crippen molar-refractivity contribution in [2.45, 2.75) is 54.5 Å². The van der Waals surface area contributed by atoms with Crippen molar-refractivity contribution in [1.29, 1.82) is 0 Å². The van der Waals surface area contributed by atoms with Crippen molar-refractivity contribution in [1.82, 2.24) is 9.78 Å². The van der Waals surface area contributed by atoms with Gasteiger partial charge < -0.3 is 4.74 Å². The highest BCUT2D eigenvalue weighted by molar-refractivity contribution is 6.12. The maximum absolute atomic E-state index is 13.3. The van der Waals surface area contributed by atoms with E-state index in [0.717, 1.165) is 11.1 Å². The molecule has 1 aromatic carbocycles. The number of ether oxygens (including phenoxy) is 1. The molecule has 8 heteroatoms. The highest BCUT2D eigenvalue weighted by Crippen LogP contribution is 2.34. The van der Waals surface area contributed by atoms with Crippen LogP contribution in [0.5, 0.6) is 5.88 Å². The van der Waals surface area contributed by atoms with Gasteiger partial charge in [0.05, 0.1) is 16.7 Å². The number of allylic oxidation sites excluding steroid dienone is 2. The average molecular weight is 399 g/mol. The van der Waals surface area contributed by atoms with Gasteiger partial charge in [0.25, 0.3) is 5.69 Å². The fourth-order valence-electron chi connectivity index (χ4n) is 3.01. The lowest BCUT2D eigenvalue weighted by atomic mass is 9.90. The van der Waals surface area contributed by atoms with Gasteiger partial charge >= 0.3 is 5.97 Å². The van der Waals surface area contributed by atoms with Crippen molar-refractivity contribution in [3.05, 3.63) is 56.3 Å². The number of aryl methyl sites for hydroxylation is 1. The molecule has 1 aromatic heterocycles. The van der Waals surface area contributed by atoms with E-state index in [4.69, 9.17) is 4.74 Å². The molecule has 1 heterocycles. The summed E-state index contributed by atoms with van der Waals surface area (Å²) in [6.07, 6.45) is 1.52. The van der Waals surface area contributed by atoms with Gasteiger partial charge in [-0.2, -0.15) is 5.10 Å². The van der Waals surface area contributed by atoms with E-state index in [1.807, 2.05) is 20.8 Å². The molecule has 0 aliphatic rings. The Morgan fingerprint density at radius 1 is 1.17 bits per heavy atom. The fraction of sp³-hybridized carbons (Fsp3) is 0.381. The molecule has 154 valence electrons. The molecule has 29 heavy (non-hydrogen) atoms. The summed E-state index contributed by atoms with van der Waals surface area (Å²) >= 11 is 0. The average Bonchev–Trinajstić information content (AvgIpc) is 3.08. The highest BCUT2D eigenvalue weighted by Gasteiger charge is 2.27. The maximum Gasteiger partial charge on any atom is 0.312 e. The van der Waals surface area contributed by atoms with Crippen LogP contribution in [0.25, 0.3) is 5.57 Å². The highest BCUT2D eigenvalue weighted by atomic mass is 16.6. The molecule has 8 nitrogen and oxygen atoms in total. The van der Waals surface area contributed by atoms with E-state index >= 15 is 0 Å². The van der Waals surface area contributed by atoms with Gasteiger partial charge in [0.15, 0.2) is 5.78 Å². The summed E-state index contributed by atoms with van der Waals surface area (Å²) in [7, 11) is 0. The Labute approximate surface area is 169 Å². The minimum absolute atomic E-state index is 0.0559. The number of benzene rings is 1. The summed E-state index contributed by atoms with van der Waals surface area (Å²) in [6, 6.07) is 2.77. The number of carbonyl (C=O) groups is 2. The van der Waals surface area contributed by atoms with Crippen molar-refractivity contribution in [2.24, 2.45) is 0 Å². The molecular formula is C21H25N3O5. The predicted molar refractivity (Wildman–Crippen MR) is 109 cm³/mol. The van der Waals surface area contributed by atoms with Gasteiger partial charge in [-0.25, -0.2) is 4.68 Å². The molecule has 0 radical (unpaired) electrons. The first-order valence-electron chi connectivity index (χ1n) is 9.37. The number of carbonyl (C=O) groups excluding carboxylic acids is 2. The number of esters is 1. The Hall–Kier alpha value is -3.29. The number of nitro groups is 1. The third-order valence-electron chi connectivity index (χ3n) is 4.84. The van der Waals surface area contributed by atoms with Crippen LogP contribution in [0.4, 0.5) is 5.69 Å². The van der Waals surface area contributed by atoms with Gasteiger partial charge in [-0.15, -0.1) is 0 Å². The summed E-state index contributed by atoms with van der Waals surface area (Å²) in [5, 5.41) is 15.7. The number of rotatable bonds is 7. The van der Waals surface area contributed by atoms with Gasteiger partial charge in [-0.05, 0) is 51.8 Å². The van der Waals surface area contributed by atoms with Gasteiger partial charge in [-0.3, -0.25) is 19.7 Å². The molecule has 0 aliphatic heterocycles. The predicted octanol–water partition coefficient (Wildman–Crippen LogP) is 4.48. The quantitative estimate of drug-likeness (QED) is 0.294. The van der Waals surface area contributed by atoms with Crippen LogP contribution < -0.4 is 4.74 Å². The number of nitrogens with zero attached hydrogens (tertiary/aromatic N) is 3. The Morgan fingerprint density at radius 3 is 2.34 bits per heavy atom. The van der Waals surface area contributed by atoms with Gasteiger partial charge in [0.1, 0.15) is 5.56 Å². The second-order valence-electron chi connectivity index (χ2n) is 6.85.